The molecule has 1 atom stereocenters. The molecule has 1 aromatic carbocycles. The number of rotatable bonds is 8. The van der Waals surface area contributed by atoms with Crippen LogP contribution in [-0.4, -0.2) is 22.9 Å². The highest BCUT2D eigenvalue weighted by Gasteiger charge is 2.13. The summed E-state index contributed by atoms with van der Waals surface area (Å²) in [6.45, 7) is 6.58. The largest absolute Gasteiger partial charge is 0.316 e. The fourth-order valence-corrected chi connectivity index (χ4v) is 2.76. The molecule has 1 heterocycles. The van der Waals surface area contributed by atoms with Gasteiger partial charge in [-0.05, 0) is 61.9 Å². The topological polar surface area (TPSA) is 29.9 Å². The lowest BCUT2D eigenvalue weighted by Crippen LogP contribution is -2.26. The van der Waals surface area contributed by atoms with E-state index in [2.05, 4.69) is 54.7 Å². The zero-order chi connectivity index (χ0) is 15.1. The van der Waals surface area contributed by atoms with Gasteiger partial charge in [0, 0.05) is 13.2 Å². The summed E-state index contributed by atoms with van der Waals surface area (Å²) < 4.78 is 1.89. The van der Waals surface area contributed by atoms with E-state index in [1.54, 1.807) is 0 Å². The molecule has 114 valence electrons. The van der Waals surface area contributed by atoms with Gasteiger partial charge < -0.3 is 5.32 Å². The number of aromatic nitrogens is 2. The van der Waals surface area contributed by atoms with Gasteiger partial charge in [0.05, 0.1) is 6.20 Å². The number of nitrogens with zero attached hydrogens (tertiary/aromatic N) is 2. The van der Waals surface area contributed by atoms with Crippen molar-refractivity contribution in [2.75, 3.05) is 13.1 Å². The van der Waals surface area contributed by atoms with E-state index < -0.39 is 0 Å². The van der Waals surface area contributed by atoms with Gasteiger partial charge in [-0.1, -0.05) is 31.2 Å². The summed E-state index contributed by atoms with van der Waals surface area (Å²) in [5.74, 6) is 0.613. The fourth-order valence-electron chi connectivity index (χ4n) is 2.76. The van der Waals surface area contributed by atoms with Gasteiger partial charge in [0.1, 0.15) is 0 Å². The Morgan fingerprint density at radius 3 is 2.71 bits per heavy atom. The van der Waals surface area contributed by atoms with Crippen LogP contribution in [0.2, 0.25) is 0 Å². The Kier molecular flexibility index (Phi) is 6.00. The van der Waals surface area contributed by atoms with Gasteiger partial charge in [0.25, 0.3) is 0 Å². The molecule has 0 radical (unpaired) electrons. The molecule has 0 fully saturated rings. The van der Waals surface area contributed by atoms with Crippen LogP contribution >= 0.6 is 0 Å². The first-order chi connectivity index (χ1) is 10.2. The molecule has 0 bridgehead atoms. The number of benzene rings is 1. The molecule has 3 nitrogen and oxygen atoms in total. The summed E-state index contributed by atoms with van der Waals surface area (Å²) in [7, 11) is 1.98. The van der Waals surface area contributed by atoms with E-state index in [1.165, 1.54) is 23.1 Å². The lowest BCUT2D eigenvalue weighted by atomic mass is 9.91. The van der Waals surface area contributed by atoms with E-state index in [1.807, 2.05) is 17.9 Å². The van der Waals surface area contributed by atoms with E-state index in [0.29, 0.717) is 5.92 Å². The van der Waals surface area contributed by atoms with Crippen LogP contribution in [0.5, 0.6) is 0 Å². The molecule has 0 spiro atoms. The van der Waals surface area contributed by atoms with Crippen molar-refractivity contribution in [2.24, 2.45) is 13.0 Å². The van der Waals surface area contributed by atoms with E-state index in [9.17, 15) is 0 Å². The third kappa shape index (κ3) is 5.01. The molecule has 1 aromatic heterocycles. The van der Waals surface area contributed by atoms with Crippen LogP contribution in [0, 0.1) is 12.8 Å². The average Bonchev–Trinajstić information content (AvgIpc) is 2.87. The smallest absolute Gasteiger partial charge is 0.0521 e. The third-order valence-corrected chi connectivity index (χ3v) is 3.91. The summed E-state index contributed by atoms with van der Waals surface area (Å²) in [4.78, 5) is 0. The van der Waals surface area contributed by atoms with Crippen molar-refractivity contribution in [2.45, 2.75) is 33.1 Å². The van der Waals surface area contributed by atoms with Gasteiger partial charge in [-0.25, -0.2) is 0 Å². The Morgan fingerprint density at radius 2 is 2.05 bits per heavy atom. The Balaban J connectivity index is 2.02. The number of aryl methyl sites for hydroxylation is 2. The first kappa shape index (κ1) is 15.8. The SMILES string of the molecule is CCCNCC(Cc1cnn(C)c1)Cc1ccccc1C. The summed E-state index contributed by atoms with van der Waals surface area (Å²) in [5, 5.41) is 7.86. The van der Waals surface area contributed by atoms with Gasteiger partial charge in [0.15, 0.2) is 0 Å². The molecule has 0 aliphatic carbocycles. The number of hydrogen-bond acceptors (Lipinski definition) is 2. The highest BCUT2D eigenvalue weighted by Crippen LogP contribution is 2.17. The predicted molar refractivity (Wildman–Crippen MR) is 88.4 cm³/mol. The lowest BCUT2D eigenvalue weighted by Gasteiger charge is -2.18. The van der Waals surface area contributed by atoms with Crippen molar-refractivity contribution in [3.05, 3.63) is 53.3 Å². The molecule has 21 heavy (non-hydrogen) atoms. The van der Waals surface area contributed by atoms with Gasteiger partial charge in [-0.3, -0.25) is 4.68 Å². The predicted octanol–water partition coefficient (Wildman–Crippen LogP) is 3.13. The van der Waals surface area contributed by atoms with Crippen LogP contribution in [-0.2, 0) is 19.9 Å². The van der Waals surface area contributed by atoms with E-state index in [4.69, 9.17) is 0 Å². The maximum Gasteiger partial charge on any atom is 0.0521 e. The second-order valence-electron chi connectivity index (χ2n) is 5.93. The second-order valence-corrected chi connectivity index (χ2v) is 5.93. The summed E-state index contributed by atoms with van der Waals surface area (Å²) in [6, 6.07) is 8.72. The molecule has 0 saturated heterocycles. The normalized spacial score (nSPS) is 12.5. The highest BCUT2D eigenvalue weighted by molar-refractivity contribution is 5.26. The highest BCUT2D eigenvalue weighted by atomic mass is 15.2. The zero-order valence-electron chi connectivity index (χ0n) is 13.5. The molecule has 1 N–H and O–H groups in total. The Hall–Kier alpha value is -1.61. The Bertz CT molecular complexity index is 545. The van der Waals surface area contributed by atoms with Crippen LogP contribution in [0.25, 0.3) is 0 Å². The molecule has 0 saturated carbocycles. The van der Waals surface area contributed by atoms with Gasteiger partial charge >= 0.3 is 0 Å². The molecule has 0 aliphatic rings. The fraction of sp³-hybridized carbons (Fsp3) is 0.500. The Labute approximate surface area is 128 Å². The molecule has 3 heteroatoms. The number of nitrogens with one attached hydrogen (secondary N) is 1. The quantitative estimate of drug-likeness (QED) is 0.755. The van der Waals surface area contributed by atoms with E-state index in [-0.39, 0.29) is 0 Å². The standard InChI is InChI=1S/C18H27N3/c1-4-9-19-12-16(10-17-13-20-21(3)14-17)11-18-8-6-5-7-15(18)2/h5-8,13-14,16,19H,4,9-12H2,1-3H3. The van der Waals surface area contributed by atoms with Crippen LogP contribution in [0.1, 0.15) is 30.0 Å². The van der Waals surface area contributed by atoms with Crippen molar-refractivity contribution < 1.29 is 0 Å². The molecular formula is C18H27N3. The van der Waals surface area contributed by atoms with Crippen molar-refractivity contribution in [3.63, 3.8) is 0 Å². The Morgan fingerprint density at radius 1 is 1.24 bits per heavy atom. The molecule has 0 amide bonds. The lowest BCUT2D eigenvalue weighted by molar-refractivity contribution is 0.470. The molecule has 0 aliphatic heterocycles. The van der Waals surface area contributed by atoms with E-state index >= 15 is 0 Å². The van der Waals surface area contributed by atoms with Crippen molar-refractivity contribution in [1.82, 2.24) is 15.1 Å². The maximum atomic E-state index is 4.29. The van der Waals surface area contributed by atoms with Crippen molar-refractivity contribution in [1.29, 1.82) is 0 Å². The van der Waals surface area contributed by atoms with E-state index in [0.717, 1.165) is 25.9 Å². The van der Waals surface area contributed by atoms with Gasteiger partial charge in [-0.15, -0.1) is 0 Å². The third-order valence-electron chi connectivity index (χ3n) is 3.91. The van der Waals surface area contributed by atoms with Crippen LogP contribution < -0.4 is 5.32 Å². The molecular weight excluding hydrogens is 258 g/mol. The monoisotopic (exact) mass is 285 g/mol. The average molecular weight is 285 g/mol. The summed E-state index contributed by atoms with van der Waals surface area (Å²) in [6.07, 6.45) is 7.51. The first-order valence-corrected chi connectivity index (χ1v) is 7.91. The van der Waals surface area contributed by atoms with Gasteiger partial charge in [0.2, 0.25) is 0 Å². The second kappa shape index (κ2) is 7.99. The van der Waals surface area contributed by atoms with Crippen molar-refractivity contribution in [3.8, 4) is 0 Å². The van der Waals surface area contributed by atoms with Crippen molar-refractivity contribution >= 4 is 0 Å². The minimum absolute atomic E-state index is 0.613. The van der Waals surface area contributed by atoms with Crippen LogP contribution in [0.3, 0.4) is 0 Å². The first-order valence-electron chi connectivity index (χ1n) is 7.91. The zero-order valence-corrected chi connectivity index (χ0v) is 13.5. The molecule has 2 rings (SSSR count). The summed E-state index contributed by atoms with van der Waals surface area (Å²) in [5.41, 5.74) is 4.18. The molecule has 1 unspecified atom stereocenters. The number of hydrogen-bond donors (Lipinski definition) is 1. The van der Waals surface area contributed by atoms with Crippen LogP contribution in [0.15, 0.2) is 36.7 Å². The minimum Gasteiger partial charge on any atom is -0.316 e. The van der Waals surface area contributed by atoms with Crippen LogP contribution in [0.4, 0.5) is 0 Å². The minimum atomic E-state index is 0.613. The summed E-state index contributed by atoms with van der Waals surface area (Å²) >= 11 is 0. The molecule has 2 aromatic rings. The van der Waals surface area contributed by atoms with Gasteiger partial charge in [-0.2, -0.15) is 5.10 Å². The maximum absolute atomic E-state index is 4.29.